The van der Waals surface area contributed by atoms with Crippen molar-refractivity contribution in [3.05, 3.63) is 0 Å². The fourth-order valence-electron chi connectivity index (χ4n) is 1.10. The fourth-order valence-corrected chi connectivity index (χ4v) is 1.10. The molecule has 0 aliphatic rings. The molecule has 17 heavy (non-hydrogen) atoms. The minimum atomic E-state index is 0.165. The Morgan fingerprint density at radius 3 is 2.71 bits per heavy atom. The molecular weight excluding hydrogens is 220 g/mol. The first kappa shape index (κ1) is 13.4. The average Bonchev–Trinajstić information content (AvgIpc) is 2.25. The lowest BCUT2D eigenvalue weighted by atomic mass is 10.5. The van der Waals surface area contributed by atoms with Crippen LogP contribution in [0.25, 0.3) is 0 Å². The zero-order valence-corrected chi connectivity index (χ0v) is 10.6. The summed E-state index contributed by atoms with van der Waals surface area (Å²) in [5, 5.41) is 3.07. The molecule has 0 aromatic carbocycles. The van der Waals surface area contributed by atoms with Gasteiger partial charge in [0.2, 0.25) is 11.9 Å². The third-order valence-electron chi connectivity index (χ3n) is 1.91. The Labute approximate surface area is 101 Å². The molecule has 7 nitrogen and oxygen atoms in total. The summed E-state index contributed by atoms with van der Waals surface area (Å²) in [5.41, 5.74) is 5.57. The number of nitrogens with zero attached hydrogens (tertiary/aromatic N) is 4. The Kier molecular flexibility index (Phi) is 5.41. The summed E-state index contributed by atoms with van der Waals surface area (Å²) in [4.78, 5) is 14.1. The van der Waals surface area contributed by atoms with Crippen molar-refractivity contribution in [3.8, 4) is 6.01 Å². The van der Waals surface area contributed by atoms with E-state index < -0.39 is 0 Å². The smallest absolute Gasteiger partial charge is 0.323 e. The monoisotopic (exact) mass is 240 g/mol. The summed E-state index contributed by atoms with van der Waals surface area (Å²) in [6.07, 6.45) is 0.898. The highest BCUT2D eigenvalue weighted by Gasteiger charge is 2.04. The van der Waals surface area contributed by atoms with E-state index in [-0.39, 0.29) is 12.0 Å². The Morgan fingerprint density at radius 2 is 2.06 bits per heavy atom. The van der Waals surface area contributed by atoms with Crippen LogP contribution in [0.4, 0.5) is 11.9 Å². The van der Waals surface area contributed by atoms with Crippen molar-refractivity contribution in [1.29, 1.82) is 0 Å². The maximum atomic E-state index is 5.57. The highest BCUT2D eigenvalue weighted by molar-refractivity contribution is 5.32. The van der Waals surface area contributed by atoms with E-state index in [0.717, 1.165) is 19.5 Å². The second-order valence-electron chi connectivity index (χ2n) is 3.88. The third-order valence-corrected chi connectivity index (χ3v) is 1.91. The first-order valence-corrected chi connectivity index (χ1v) is 5.64. The molecule has 0 unspecified atom stereocenters. The molecular formula is C10H20N6O. The van der Waals surface area contributed by atoms with Crippen LogP contribution in [0.2, 0.25) is 0 Å². The van der Waals surface area contributed by atoms with Crippen molar-refractivity contribution in [2.24, 2.45) is 0 Å². The molecule has 1 rings (SSSR count). The van der Waals surface area contributed by atoms with Gasteiger partial charge in [-0.1, -0.05) is 6.92 Å². The Balaban J connectivity index is 2.55. The largest absolute Gasteiger partial charge is 0.463 e. The van der Waals surface area contributed by atoms with E-state index in [9.17, 15) is 0 Å². The Hall–Kier alpha value is -1.63. The number of aromatic nitrogens is 3. The van der Waals surface area contributed by atoms with Gasteiger partial charge in [-0.25, -0.2) is 0 Å². The van der Waals surface area contributed by atoms with Crippen LogP contribution >= 0.6 is 0 Å². The van der Waals surface area contributed by atoms with Gasteiger partial charge < -0.3 is 20.7 Å². The molecule has 0 aliphatic carbocycles. The summed E-state index contributed by atoms with van der Waals surface area (Å²) in [6.45, 7) is 4.21. The molecule has 1 aromatic rings. The molecule has 1 aromatic heterocycles. The van der Waals surface area contributed by atoms with Gasteiger partial charge in [0, 0.05) is 13.1 Å². The number of ether oxygens (including phenoxy) is 1. The first-order chi connectivity index (χ1) is 8.11. The van der Waals surface area contributed by atoms with E-state index in [1.807, 2.05) is 21.0 Å². The second kappa shape index (κ2) is 6.85. The van der Waals surface area contributed by atoms with Gasteiger partial charge in [-0.15, -0.1) is 0 Å². The Morgan fingerprint density at radius 1 is 1.29 bits per heavy atom. The van der Waals surface area contributed by atoms with Gasteiger partial charge in [0.25, 0.3) is 0 Å². The van der Waals surface area contributed by atoms with Crippen LogP contribution in [-0.4, -0.2) is 53.6 Å². The predicted molar refractivity (Wildman–Crippen MR) is 67.1 cm³/mol. The topological polar surface area (TPSA) is 89.2 Å². The molecule has 1 heterocycles. The summed E-state index contributed by atoms with van der Waals surface area (Å²) in [6, 6.07) is 0.270. The van der Waals surface area contributed by atoms with Crippen molar-refractivity contribution < 1.29 is 4.74 Å². The predicted octanol–water partition coefficient (Wildman–Crippen LogP) is 0.216. The standard InChI is InChI=1S/C10H20N6O/c1-4-7-17-10-14-8(11)13-9(15-10)12-5-6-16(2)3/h4-7H2,1-3H3,(H3,11,12,13,14,15). The van der Waals surface area contributed by atoms with E-state index >= 15 is 0 Å². The molecule has 0 aliphatic heterocycles. The summed E-state index contributed by atoms with van der Waals surface area (Å²) in [5.74, 6) is 0.615. The average molecular weight is 240 g/mol. The van der Waals surface area contributed by atoms with E-state index in [2.05, 4.69) is 25.2 Å². The summed E-state index contributed by atoms with van der Waals surface area (Å²) in [7, 11) is 4.00. The van der Waals surface area contributed by atoms with Crippen LogP contribution in [0, 0.1) is 0 Å². The lowest BCUT2D eigenvalue weighted by molar-refractivity contribution is 0.292. The molecule has 0 saturated carbocycles. The highest BCUT2D eigenvalue weighted by atomic mass is 16.5. The molecule has 0 bridgehead atoms. The van der Waals surface area contributed by atoms with E-state index in [1.165, 1.54) is 0 Å². The zero-order chi connectivity index (χ0) is 12.7. The lowest BCUT2D eigenvalue weighted by Gasteiger charge is -2.11. The molecule has 0 atom stereocenters. The van der Waals surface area contributed by atoms with E-state index in [0.29, 0.717) is 12.6 Å². The highest BCUT2D eigenvalue weighted by Crippen LogP contribution is 2.08. The number of nitrogens with one attached hydrogen (secondary N) is 1. The SMILES string of the molecule is CCCOc1nc(N)nc(NCCN(C)C)n1. The van der Waals surface area contributed by atoms with Gasteiger partial charge in [-0.3, -0.25) is 0 Å². The maximum Gasteiger partial charge on any atom is 0.323 e. The van der Waals surface area contributed by atoms with E-state index in [1.54, 1.807) is 0 Å². The minimum Gasteiger partial charge on any atom is -0.463 e. The molecule has 0 radical (unpaired) electrons. The third kappa shape index (κ3) is 5.30. The van der Waals surface area contributed by atoms with Crippen molar-refractivity contribution in [2.75, 3.05) is 44.8 Å². The van der Waals surface area contributed by atoms with Gasteiger partial charge in [-0.2, -0.15) is 15.0 Å². The second-order valence-corrected chi connectivity index (χ2v) is 3.88. The minimum absolute atomic E-state index is 0.165. The van der Waals surface area contributed by atoms with Gasteiger partial charge in [0.05, 0.1) is 6.61 Å². The van der Waals surface area contributed by atoms with Crippen molar-refractivity contribution in [1.82, 2.24) is 19.9 Å². The van der Waals surface area contributed by atoms with Crippen LogP contribution in [0.15, 0.2) is 0 Å². The molecule has 0 saturated heterocycles. The number of hydrogen-bond donors (Lipinski definition) is 2. The van der Waals surface area contributed by atoms with Gasteiger partial charge in [0.15, 0.2) is 0 Å². The van der Waals surface area contributed by atoms with Gasteiger partial charge >= 0.3 is 6.01 Å². The van der Waals surface area contributed by atoms with Crippen LogP contribution in [0.5, 0.6) is 6.01 Å². The van der Waals surface area contributed by atoms with Gasteiger partial charge in [0.1, 0.15) is 0 Å². The number of hydrogen-bond acceptors (Lipinski definition) is 7. The maximum absolute atomic E-state index is 5.57. The molecule has 7 heteroatoms. The number of likely N-dealkylation sites (N-methyl/N-ethyl adjacent to an activating group) is 1. The molecule has 0 spiro atoms. The number of nitrogen functional groups attached to an aromatic ring is 1. The van der Waals surface area contributed by atoms with Gasteiger partial charge in [-0.05, 0) is 20.5 Å². The molecule has 0 fully saturated rings. The molecule has 3 N–H and O–H groups in total. The zero-order valence-electron chi connectivity index (χ0n) is 10.6. The normalized spacial score (nSPS) is 10.6. The first-order valence-electron chi connectivity index (χ1n) is 5.64. The van der Waals surface area contributed by atoms with Crippen molar-refractivity contribution in [3.63, 3.8) is 0 Å². The molecule has 0 amide bonds. The van der Waals surface area contributed by atoms with E-state index in [4.69, 9.17) is 10.5 Å². The summed E-state index contributed by atoms with van der Waals surface area (Å²) >= 11 is 0. The summed E-state index contributed by atoms with van der Waals surface area (Å²) < 4.78 is 5.31. The van der Waals surface area contributed by atoms with Crippen LogP contribution < -0.4 is 15.8 Å². The van der Waals surface area contributed by atoms with Crippen LogP contribution in [-0.2, 0) is 0 Å². The number of anilines is 2. The Bertz CT molecular complexity index is 344. The van der Waals surface area contributed by atoms with Crippen molar-refractivity contribution >= 4 is 11.9 Å². The van der Waals surface area contributed by atoms with Crippen LogP contribution in [0.1, 0.15) is 13.3 Å². The molecule has 96 valence electrons. The van der Waals surface area contributed by atoms with Crippen LogP contribution in [0.3, 0.4) is 0 Å². The number of rotatable bonds is 7. The quantitative estimate of drug-likeness (QED) is 0.704. The fraction of sp³-hybridized carbons (Fsp3) is 0.700. The number of nitrogens with two attached hydrogens (primary N) is 1. The lowest BCUT2D eigenvalue weighted by Crippen LogP contribution is -2.22. The van der Waals surface area contributed by atoms with Crippen molar-refractivity contribution in [2.45, 2.75) is 13.3 Å².